The summed E-state index contributed by atoms with van der Waals surface area (Å²) in [7, 11) is -2.68. The normalized spacial score (nSPS) is 18.8. The van der Waals surface area contributed by atoms with Crippen LogP contribution in [0.25, 0.3) is 5.57 Å². The molecule has 5 aromatic carbocycles. The van der Waals surface area contributed by atoms with Crippen molar-refractivity contribution in [1.29, 1.82) is 0 Å². The molecule has 4 aliphatic heterocycles. The Hall–Kier alpha value is -3.86. The molecule has 4 heterocycles. The summed E-state index contributed by atoms with van der Waals surface area (Å²) < 4.78 is 174. The number of nitrogens with zero attached hydrogens (tertiary/aromatic N) is 2. The standard InChI is InChI=1S/C19H14BCl2F4NO3.C12H14BCl2FO2.C10H11BClNO3.C9H4Cl2F4.C3H2BrF3/c1-17(2)11-5-9(3-4-12(11)20(28)29-17)15-8-18(30-27-15,19(24,25)26)10-6-13(21)16(22)14(23)7-10;1-11(2)12(3,4)18-13(17-11)7-5-8(14)10(15)9(16)6-7;1-10(2)7-5-6(9(12)13-15)3-4-8(7)11(14)16-10;1-4(9(13,14)15)5-2-6(10)8(11)7(12)3-5;1-2(4)3(5,6)7/h3-7,28H,8H2,1-2H3;5-6H,1-4H3;3-5,14-15H,1-2H3;2-3H,1H2;1H2. The fraction of sp³-hybridized carbons (Fsp3) is 0.321. The summed E-state index contributed by atoms with van der Waals surface area (Å²) in [4.78, 5) is 4.91. The number of benzene rings is 5. The molecule has 3 N–H and O–H groups in total. The van der Waals surface area contributed by atoms with Gasteiger partial charge in [0, 0.05) is 17.5 Å². The van der Waals surface area contributed by atoms with Gasteiger partial charge in [0.2, 0.25) is 0 Å². The molecule has 0 amide bonds. The molecule has 4 aliphatic rings. The number of oxime groups is 2. The van der Waals surface area contributed by atoms with Crippen molar-refractivity contribution in [3.05, 3.63) is 171 Å². The zero-order valence-electron chi connectivity index (χ0n) is 45.6. The molecule has 33 heteroatoms. The minimum Gasteiger partial charge on any atom is -0.423 e. The van der Waals surface area contributed by atoms with Crippen LogP contribution in [0.4, 0.5) is 52.7 Å². The number of allylic oxidation sites excluding steroid dienone is 2. The molecular formula is C53H45B3BrCl7F12N2O8. The number of hydrogen-bond acceptors (Lipinski definition) is 10. The Bertz CT molecular complexity index is 3400. The fourth-order valence-electron chi connectivity index (χ4n) is 8.19. The first-order valence-electron chi connectivity index (χ1n) is 24.3. The molecule has 1 fully saturated rings. The van der Waals surface area contributed by atoms with E-state index in [1.54, 1.807) is 50.2 Å². The van der Waals surface area contributed by atoms with E-state index < -0.39 is 123 Å². The number of rotatable bonds is 5. The van der Waals surface area contributed by atoms with E-state index in [0.29, 0.717) is 39.7 Å². The lowest BCUT2D eigenvalue weighted by Crippen LogP contribution is -2.42. The van der Waals surface area contributed by atoms with Crippen LogP contribution in [-0.2, 0) is 40.3 Å². The van der Waals surface area contributed by atoms with Crippen molar-refractivity contribution < 1.29 is 91.4 Å². The molecule has 5 aromatic rings. The van der Waals surface area contributed by atoms with E-state index in [1.165, 1.54) is 12.1 Å². The molecule has 0 radical (unpaired) electrons. The van der Waals surface area contributed by atoms with Gasteiger partial charge in [0.05, 0.1) is 68.3 Å². The summed E-state index contributed by atoms with van der Waals surface area (Å²) in [6, 6.07) is 15.8. The first-order chi connectivity index (χ1) is 39.1. The lowest BCUT2D eigenvalue weighted by atomic mass is 9.77. The van der Waals surface area contributed by atoms with Gasteiger partial charge in [0.25, 0.3) is 5.60 Å². The van der Waals surface area contributed by atoms with E-state index in [9.17, 15) is 62.7 Å². The molecule has 0 aromatic heterocycles. The maximum Gasteiger partial charge on any atom is 0.494 e. The maximum absolute atomic E-state index is 14.1. The van der Waals surface area contributed by atoms with Crippen LogP contribution in [0.2, 0.25) is 30.1 Å². The van der Waals surface area contributed by atoms with Gasteiger partial charge in [-0.2, -0.15) is 39.5 Å². The Morgan fingerprint density at radius 2 is 1.05 bits per heavy atom. The van der Waals surface area contributed by atoms with Gasteiger partial charge in [0.15, 0.2) is 5.17 Å². The van der Waals surface area contributed by atoms with Gasteiger partial charge < -0.3 is 38.7 Å². The molecule has 0 spiro atoms. The predicted octanol–water partition coefficient (Wildman–Crippen LogP) is 16.3. The first-order valence-corrected chi connectivity index (χ1v) is 27.7. The number of hydrogen-bond donors (Lipinski definition) is 3. The van der Waals surface area contributed by atoms with Gasteiger partial charge in [-0.15, -0.1) is 0 Å². The average Bonchev–Trinajstić information content (AvgIpc) is 1.74. The van der Waals surface area contributed by atoms with Crippen molar-refractivity contribution >= 4 is 151 Å². The Kier molecular flexibility index (Phi) is 22.8. The zero-order valence-corrected chi connectivity index (χ0v) is 52.5. The van der Waals surface area contributed by atoms with Crippen molar-refractivity contribution in [2.24, 2.45) is 10.3 Å². The summed E-state index contributed by atoms with van der Waals surface area (Å²) in [5.74, 6) is -2.68. The van der Waals surface area contributed by atoms with Crippen LogP contribution < -0.4 is 16.4 Å². The molecule has 0 bridgehead atoms. The minimum atomic E-state index is -4.92. The van der Waals surface area contributed by atoms with Crippen LogP contribution in [0.1, 0.15) is 95.2 Å². The van der Waals surface area contributed by atoms with E-state index in [0.717, 1.165) is 23.2 Å². The van der Waals surface area contributed by atoms with Crippen LogP contribution in [0.5, 0.6) is 0 Å². The van der Waals surface area contributed by atoms with Crippen LogP contribution in [0.15, 0.2) is 101 Å². The summed E-state index contributed by atoms with van der Waals surface area (Å²) in [6.07, 6.45) is -14.5. The van der Waals surface area contributed by atoms with Crippen LogP contribution >= 0.6 is 97.1 Å². The third-order valence-electron chi connectivity index (χ3n) is 13.6. The molecule has 1 unspecified atom stereocenters. The molecule has 86 heavy (non-hydrogen) atoms. The van der Waals surface area contributed by atoms with Crippen LogP contribution in [0.3, 0.4) is 0 Å². The highest BCUT2D eigenvalue weighted by Crippen LogP contribution is 2.50. The fourth-order valence-corrected chi connectivity index (χ4v) is 9.27. The summed E-state index contributed by atoms with van der Waals surface area (Å²) in [5, 5.41) is 33.4. The Morgan fingerprint density at radius 3 is 1.48 bits per heavy atom. The number of alkyl halides is 9. The maximum atomic E-state index is 14.1. The van der Waals surface area contributed by atoms with E-state index in [1.807, 2.05) is 41.5 Å². The second-order valence-electron chi connectivity index (χ2n) is 20.9. The lowest BCUT2D eigenvalue weighted by molar-refractivity contribution is -0.275. The van der Waals surface area contributed by atoms with Gasteiger partial charge in [-0.1, -0.05) is 129 Å². The molecular weight excluding hydrogens is 1380 g/mol. The smallest absolute Gasteiger partial charge is 0.423 e. The first kappa shape index (κ1) is 72.9. The van der Waals surface area contributed by atoms with Gasteiger partial charge in [-0.3, -0.25) is 0 Å². The Labute approximate surface area is 529 Å². The van der Waals surface area contributed by atoms with Crippen molar-refractivity contribution in [2.45, 2.75) is 108 Å². The van der Waals surface area contributed by atoms with Gasteiger partial charge >= 0.3 is 39.9 Å². The highest BCUT2D eigenvalue weighted by Gasteiger charge is 2.63. The summed E-state index contributed by atoms with van der Waals surface area (Å²) in [6.45, 7) is 20.3. The van der Waals surface area contributed by atoms with Crippen molar-refractivity contribution in [1.82, 2.24) is 0 Å². The zero-order chi connectivity index (χ0) is 65.6. The lowest BCUT2D eigenvalue weighted by Gasteiger charge is -2.32. The van der Waals surface area contributed by atoms with Crippen molar-refractivity contribution in [3.63, 3.8) is 0 Å². The second-order valence-corrected chi connectivity index (χ2v) is 24.5. The molecule has 0 saturated carbocycles. The SMILES string of the molecule is C=C(Br)C(F)(F)F.C=C(c1cc(F)c(Cl)c(Cl)c1)C(F)(F)F.CC1(C)OB(O)c2ccc(C(Cl)=NO)cc21.CC1(C)OB(O)c2ccc(C3=NOC(c4cc(F)c(Cl)c(Cl)c4)(C(F)(F)F)C3)cc21.CC1(C)OB(c2cc(F)c(Cl)c(Cl)c2)OC1(C)C. The highest BCUT2D eigenvalue weighted by molar-refractivity contribution is 9.11. The second kappa shape index (κ2) is 26.9. The highest BCUT2D eigenvalue weighted by atomic mass is 79.9. The Balaban J connectivity index is 0.000000210. The van der Waals surface area contributed by atoms with E-state index in [2.05, 4.69) is 39.4 Å². The van der Waals surface area contributed by atoms with E-state index >= 15 is 0 Å². The quantitative estimate of drug-likeness (QED) is 0.0396. The molecule has 10 nitrogen and oxygen atoms in total. The Morgan fingerprint density at radius 1 is 0.605 bits per heavy atom. The van der Waals surface area contributed by atoms with Gasteiger partial charge in [-0.25, -0.2) is 13.2 Å². The molecule has 9 rings (SSSR count). The van der Waals surface area contributed by atoms with Gasteiger partial charge in [0.1, 0.15) is 17.5 Å². The van der Waals surface area contributed by atoms with Crippen molar-refractivity contribution in [2.75, 3.05) is 0 Å². The largest absolute Gasteiger partial charge is 0.494 e. The van der Waals surface area contributed by atoms with Crippen molar-refractivity contribution in [3.8, 4) is 0 Å². The number of fused-ring (bicyclic) bond motifs is 2. The third-order valence-corrected chi connectivity index (χ3v) is 16.6. The predicted molar refractivity (Wildman–Crippen MR) is 315 cm³/mol. The minimum absolute atomic E-state index is 0.0128. The van der Waals surface area contributed by atoms with Crippen LogP contribution in [0, 0.1) is 17.5 Å². The van der Waals surface area contributed by atoms with E-state index in [-0.39, 0.29) is 31.0 Å². The molecule has 1 saturated heterocycles. The molecule has 0 aliphatic carbocycles. The summed E-state index contributed by atoms with van der Waals surface area (Å²) >= 11 is 41.7. The molecule has 1 atom stereocenters. The topological polar surface area (TPSA) is 132 Å². The number of halogens is 20. The monoisotopic (exact) mass is 1420 g/mol. The van der Waals surface area contributed by atoms with Crippen LogP contribution in [-0.4, -0.2) is 77.2 Å². The summed E-state index contributed by atoms with van der Waals surface area (Å²) in [5.41, 5.74) is -3.19. The third kappa shape index (κ3) is 16.4. The van der Waals surface area contributed by atoms with E-state index in [4.69, 9.17) is 110 Å². The molecule has 464 valence electrons. The average molecular weight is 1430 g/mol. The van der Waals surface area contributed by atoms with Gasteiger partial charge in [-0.05, 0) is 158 Å².